The van der Waals surface area contributed by atoms with Crippen LogP contribution in [-0.4, -0.2) is 51.2 Å². The van der Waals surface area contributed by atoms with Crippen LogP contribution in [0.5, 0.6) is 0 Å². The zero-order valence-corrected chi connectivity index (χ0v) is 9.17. The van der Waals surface area contributed by atoms with Gasteiger partial charge in [-0.1, -0.05) is 0 Å². The van der Waals surface area contributed by atoms with Crippen LogP contribution in [0.4, 0.5) is 0 Å². The van der Waals surface area contributed by atoms with Crippen molar-refractivity contribution in [1.29, 1.82) is 0 Å². The molecule has 2 aliphatic heterocycles. The highest BCUT2D eigenvalue weighted by Crippen LogP contribution is 2.12. The van der Waals surface area contributed by atoms with E-state index in [0.29, 0.717) is 0 Å². The summed E-state index contributed by atoms with van der Waals surface area (Å²) in [5, 5.41) is 20.2. The summed E-state index contributed by atoms with van der Waals surface area (Å²) in [6.07, 6.45) is 0. The fourth-order valence-corrected chi connectivity index (χ4v) is 0.602. The summed E-state index contributed by atoms with van der Waals surface area (Å²) < 4.78 is 21.8. The molecule has 16 N–H and O–H groups in total. The minimum Gasteiger partial charge on any atom is -0.833 e. The van der Waals surface area contributed by atoms with Gasteiger partial charge in [-0.25, -0.2) is 0 Å². The van der Waals surface area contributed by atoms with E-state index in [2.05, 4.69) is 22.9 Å². The molecular weight excluding hydrogens is 247 g/mol. The average Bonchev–Trinajstić information content (AvgIpc) is 1.81. The van der Waals surface area contributed by atoms with E-state index in [4.69, 9.17) is 0 Å². The molecule has 0 bridgehead atoms. The maximum atomic E-state index is 10.1. The minimum atomic E-state index is -1.51. The molecule has 2 aliphatic rings. The number of quaternary nitrogens is 2. The first-order valence-corrected chi connectivity index (χ1v) is 2.83. The minimum absolute atomic E-state index is 0. The Morgan fingerprint density at radius 2 is 0.882 bits per heavy atom. The van der Waals surface area contributed by atoms with Gasteiger partial charge in [-0.05, 0) is 0 Å². The Morgan fingerprint density at radius 1 is 0.647 bits per heavy atom. The standard InChI is InChI=1S/B4O7.2H3N.4H2O/c5-1-7-3(8-1)11-4-9-2(6)10-4;;;;;;/h;2*1H3;4*1H2/q-2;;;;;;/p+2. The second-order valence-electron chi connectivity index (χ2n) is 1.84. The maximum Gasteiger partial charge on any atom is 0.597 e. The van der Waals surface area contributed by atoms with Crippen molar-refractivity contribution in [2.24, 2.45) is 0 Å². The molecule has 0 atom stereocenters. The van der Waals surface area contributed by atoms with E-state index < -0.39 is 29.3 Å². The third-order valence-corrected chi connectivity index (χ3v) is 1.11. The summed E-state index contributed by atoms with van der Waals surface area (Å²) in [7, 11) is -5.17. The molecule has 2 heterocycles. The quantitative estimate of drug-likeness (QED) is 0.452. The van der Waals surface area contributed by atoms with Gasteiger partial charge in [0.15, 0.2) is 0 Å². The lowest BCUT2D eigenvalue weighted by Gasteiger charge is -2.40. The van der Waals surface area contributed by atoms with Crippen LogP contribution < -0.4 is 22.3 Å². The van der Waals surface area contributed by atoms with Crippen molar-refractivity contribution in [2.45, 2.75) is 0 Å². The molecule has 0 aliphatic carbocycles. The zero-order chi connectivity index (χ0) is 7.84. The Hall–Kier alpha value is -0.260. The Labute approximate surface area is 97.4 Å². The fourth-order valence-electron chi connectivity index (χ4n) is 0.602. The summed E-state index contributed by atoms with van der Waals surface area (Å²) >= 11 is 0. The molecule has 0 aromatic rings. The Balaban J connectivity index is -0.0000000800. The van der Waals surface area contributed by atoms with E-state index >= 15 is 0 Å². The molecule has 0 saturated carbocycles. The first-order chi connectivity index (χ1) is 5.24. The van der Waals surface area contributed by atoms with E-state index in [9.17, 15) is 10.0 Å². The molecular formula is H16B4N2O11. The smallest absolute Gasteiger partial charge is 0.597 e. The lowest BCUT2D eigenvalue weighted by atomic mass is 9.90. The van der Waals surface area contributed by atoms with Crippen LogP contribution in [0, 0.1) is 0 Å². The largest absolute Gasteiger partial charge is 0.833 e. The summed E-state index contributed by atoms with van der Waals surface area (Å²) in [5.41, 5.74) is 0. The molecule has 17 heavy (non-hydrogen) atoms. The average molecular weight is 263 g/mol. The monoisotopic (exact) mass is 264 g/mol. The first kappa shape index (κ1) is 30.1. The van der Waals surface area contributed by atoms with Gasteiger partial charge >= 0.3 is 29.3 Å². The van der Waals surface area contributed by atoms with Crippen LogP contribution in [0.1, 0.15) is 0 Å². The van der Waals surface area contributed by atoms with Crippen LogP contribution in [0.25, 0.3) is 0 Å². The van der Waals surface area contributed by atoms with Gasteiger partial charge in [0.05, 0.1) is 0 Å². The van der Waals surface area contributed by atoms with Crippen molar-refractivity contribution >= 4 is 29.3 Å². The summed E-state index contributed by atoms with van der Waals surface area (Å²) in [6.45, 7) is 0. The Bertz CT molecular complexity index is 132. The van der Waals surface area contributed by atoms with Gasteiger partial charge in [0.1, 0.15) is 0 Å². The second-order valence-corrected chi connectivity index (χ2v) is 1.84. The first-order valence-electron chi connectivity index (χ1n) is 2.83. The van der Waals surface area contributed by atoms with Crippen LogP contribution >= 0.6 is 0 Å². The predicted molar refractivity (Wildman–Crippen MR) is 54.9 cm³/mol. The number of hydrogen-bond acceptors (Lipinski definition) is 7. The van der Waals surface area contributed by atoms with Crippen molar-refractivity contribution in [2.75, 3.05) is 0 Å². The van der Waals surface area contributed by atoms with Gasteiger partial charge in [-0.15, -0.1) is 0 Å². The molecule has 2 saturated heterocycles. The Morgan fingerprint density at radius 3 is 1.06 bits per heavy atom. The fraction of sp³-hybridized carbons (Fsp3) is 0. The van der Waals surface area contributed by atoms with Crippen LogP contribution in [0.3, 0.4) is 0 Å². The van der Waals surface area contributed by atoms with Crippen molar-refractivity contribution in [1.82, 2.24) is 12.3 Å². The summed E-state index contributed by atoms with van der Waals surface area (Å²) in [6, 6.07) is 0. The summed E-state index contributed by atoms with van der Waals surface area (Å²) in [4.78, 5) is 0. The van der Waals surface area contributed by atoms with Crippen molar-refractivity contribution in [3.63, 3.8) is 0 Å². The van der Waals surface area contributed by atoms with Crippen molar-refractivity contribution < 1.29 is 54.8 Å². The maximum absolute atomic E-state index is 10.1. The topological polar surface area (TPSA) is 291 Å². The molecule has 0 radical (unpaired) electrons. The molecule has 13 nitrogen and oxygen atoms in total. The predicted octanol–water partition coefficient (Wildman–Crippen LogP) is -6.79. The molecule has 0 aromatic carbocycles. The van der Waals surface area contributed by atoms with Crippen molar-refractivity contribution in [3.05, 3.63) is 0 Å². The van der Waals surface area contributed by atoms with Crippen LogP contribution in [-0.2, 0) is 22.9 Å². The van der Waals surface area contributed by atoms with Crippen LogP contribution in [0.2, 0.25) is 0 Å². The number of rotatable bonds is 2. The molecule has 104 valence electrons. The molecule has 2 fully saturated rings. The normalized spacial score (nSPS) is 15.2. The molecule has 0 amide bonds. The number of hydrogen-bond donors (Lipinski definition) is 2. The molecule has 0 unspecified atom stereocenters. The van der Waals surface area contributed by atoms with E-state index in [0.717, 1.165) is 0 Å². The highest BCUT2D eigenvalue weighted by atomic mass is 16.9. The Kier molecular flexibility index (Phi) is 21.6. The van der Waals surface area contributed by atoms with Crippen LogP contribution in [0.15, 0.2) is 0 Å². The molecule has 0 spiro atoms. The van der Waals surface area contributed by atoms with E-state index in [1.165, 1.54) is 0 Å². The van der Waals surface area contributed by atoms with Gasteiger partial charge in [-0.3, -0.25) is 0 Å². The SMILES string of the molecule is O.O.O.O.[NH4+].[NH4+].[O-]B1OB(OB2OB([O-])O2)O1. The third kappa shape index (κ3) is 7.63. The van der Waals surface area contributed by atoms with E-state index in [1.54, 1.807) is 0 Å². The van der Waals surface area contributed by atoms with Crippen molar-refractivity contribution in [3.8, 4) is 0 Å². The highest BCUT2D eigenvalue weighted by molar-refractivity contribution is 6.73. The molecule has 2 rings (SSSR count). The van der Waals surface area contributed by atoms with E-state index in [-0.39, 0.29) is 34.2 Å². The van der Waals surface area contributed by atoms with Gasteiger partial charge in [-0.2, -0.15) is 0 Å². The molecule has 17 heteroatoms. The highest BCUT2D eigenvalue weighted by Gasteiger charge is 2.44. The third-order valence-electron chi connectivity index (χ3n) is 1.11. The summed E-state index contributed by atoms with van der Waals surface area (Å²) in [5.74, 6) is 0. The zero-order valence-electron chi connectivity index (χ0n) is 9.17. The van der Waals surface area contributed by atoms with Gasteiger partial charge in [0.2, 0.25) is 0 Å². The lowest BCUT2D eigenvalue weighted by molar-refractivity contribution is -0.260. The molecule has 0 aromatic heterocycles. The van der Waals surface area contributed by atoms with Gasteiger partial charge < -0.3 is 67.1 Å². The lowest BCUT2D eigenvalue weighted by Crippen LogP contribution is -2.65. The van der Waals surface area contributed by atoms with Gasteiger partial charge in [0, 0.05) is 0 Å². The van der Waals surface area contributed by atoms with Gasteiger partial charge in [0.25, 0.3) is 0 Å². The second kappa shape index (κ2) is 12.2. The van der Waals surface area contributed by atoms with E-state index in [1.807, 2.05) is 0 Å².